The molecule has 0 fully saturated rings. The van der Waals surface area contributed by atoms with Gasteiger partial charge in [0, 0.05) is 11.1 Å². The van der Waals surface area contributed by atoms with Gasteiger partial charge in [-0.1, -0.05) is 42.5 Å². The van der Waals surface area contributed by atoms with Crippen molar-refractivity contribution in [2.45, 2.75) is 18.3 Å². The number of ketones is 1. The fourth-order valence-corrected chi connectivity index (χ4v) is 2.26. The zero-order valence-electron chi connectivity index (χ0n) is 11.8. The van der Waals surface area contributed by atoms with Crippen molar-refractivity contribution >= 4 is 5.78 Å². The Morgan fingerprint density at radius 1 is 0.833 bits per heavy atom. The van der Waals surface area contributed by atoms with Gasteiger partial charge < -0.3 is 5.11 Å². The highest BCUT2D eigenvalue weighted by atomic mass is 19.4. The molecule has 0 heterocycles. The minimum atomic E-state index is -5.66. The number of para-hydroxylation sites is 1. The second kappa shape index (κ2) is 6.18. The molecule has 0 bridgehead atoms. The summed E-state index contributed by atoms with van der Waals surface area (Å²) in [4.78, 5) is 12.2. The summed E-state index contributed by atoms with van der Waals surface area (Å²) in [5, 5.41) is 9.90. The highest BCUT2D eigenvalue weighted by Crippen LogP contribution is 2.49. The molecule has 0 aliphatic heterocycles. The summed E-state index contributed by atoms with van der Waals surface area (Å²) < 4.78 is 76.9. The van der Waals surface area contributed by atoms with Crippen molar-refractivity contribution in [2.24, 2.45) is 0 Å². The number of aromatic hydroxyl groups is 1. The molecule has 0 spiro atoms. The molecule has 2 aromatic rings. The predicted molar refractivity (Wildman–Crippen MR) is 72.8 cm³/mol. The number of benzene rings is 2. The monoisotopic (exact) mass is 348 g/mol. The van der Waals surface area contributed by atoms with Crippen LogP contribution >= 0.6 is 0 Å². The number of carbonyl (C=O) groups is 1. The van der Waals surface area contributed by atoms with E-state index in [2.05, 4.69) is 0 Å². The lowest BCUT2D eigenvalue weighted by Crippen LogP contribution is -2.34. The first kappa shape index (κ1) is 17.8. The number of hydrogen-bond acceptors (Lipinski definition) is 2. The van der Waals surface area contributed by atoms with Crippen LogP contribution in [0.5, 0.6) is 5.75 Å². The summed E-state index contributed by atoms with van der Waals surface area (Å²) in [7, 11) is 0. The Hall–Kier alpha value is -2.51. The van der Waals surface area contributed by atoms with Crippen molar-refractivity contribution in [1.82, 2.24) is 0 Å². The van der Waals surface area contributed by atoms with Gasteiger partial charge in [0.15, 0.2) is 11.7 Å². The number of alkyl halides is 6. The number of carbonyl (C=O) groups excluding carboxylic acids is 1. The Balaban J connectivity index is 2.57. The molecule has 0 aliphatic carbocycles. The molecule has 8 heteroatoms. The maximum Gasteiger partial charge on any atom is 0.404 e. The number of rotatable bonds is 3. The average Bonchev–Trinajstić information content (AvgIpc) is 2.47. The van der Waals surface area contributed by atoms with Crippen LogP contribution in [0.15, 0.2) is 48.5 Å². The molecule has 0 radical (unpaired) electrons. The van der Waals surface area contributed by atoms with Crippen LogP contribution in [0.25, 0.3) is 0 Å². The topological polar surface area (TPSA) is 37.3 Å². The van der Waals surface area contributed by atoms with Crippen molar-refractivity contribution in [3.8, 4) is 5.75 Å². The first-order valence-electron chi connectivity index (χ1n) is 6.58. The van der Waals surface area contributed by atoms with E-state index in [9.17, 15) is 36.2 Å². The summed E-state index contributed by atoms with van der Waals surface area (Å²) in [6.45, 7) is 0. The van der Waals surface area contributed by atoms with Gasteiger partial charge in [-0.05, 0) is 6.07 Å². The normalized spacial score (nSPS) is 12.5. The van der Waals surface area contributed by atoms with Gasteiger partial charge in [-0.2, -0.15) is 26.3 Å². The largest absolute Gasteiger partial charge is 0.507 e. The molecule has 1 N–H and O–H groups in total. The molecule has 0 aromatic heterocycles. The summed E-state index contributed by atoms with van der Waals surface area (Å²) in [5.74, 6) is -6.09. The van der Waals surface area contributed by atoms with Gasteiger partial charge in [0.25, 0.3) is 0 Å². The smallest absolute Gasteiger partial charge is 0.404 e. The Morgan fingerprint density at radius 2 is 1.38 bits per heavy atom. The van der Waals surface area contributed by atoms with Crippen LogP contribution < -0.4 is 0 Å². The number of hydrogen-bond donors (Lipinski definition) is 1. The zero-order valence-corrected chi connectivity index (χ0v) is 11.8. The Morgan fingerprint density at radius 3 is 1.88 bits per heavy atom. The van der Waals surface area contributed by atoms with Gasteiger partial charge in [-0.3, -0.25) is 4.79 Å². The van der Waals surface area contributed by atoms with Crippen LogP contribution in [0.4, 0.5) is 26.3 Å². The summed E-state index contributed by atoms with van der Waals surface area (Å²) in [5.41, 5.74) is -2.01. The van der Waals surface area contributed by atoms with Gasteiger partial charge in [0.1, 0.15) is 5.75 Å². The molecule has 0 aliphatic rings. The third-order valence-electron chi connectivity index (χ3n) is 3.31. The highest BCUT2D eigenvalue weighted by Gasteiger charge is 2.58. The van der Waals surface area contributed by atoms with E-state index < -0.39 is 40.9 Å². The second-order valence-electron chi connectivity index (χ2n) is 4.95. The van der Waals surface area contributed by atoms with E-state index in [4.69, 9.17) is 0 Å². The van der Waals surface area contributed by atoms with Crippen LogP contribution in [0.2, 0.25) is 0 Å². The minimum absolute atomic E-state index is 0.0283. The standard InChI is InChI=1S/C16H10F6O2/c17-15(18,19)14(16(20,21)22)11-8-4-7-10(13(11)24)12(23)9-5-2-1-3-6-9/h1-8,14,24H. The summed E-state index contributed by atoms with van der Waals surface area (Å²) in [6.07, 6.45) is -11.3. The lowest BCUT2D eigenvalue weighted by atomic mass is 9.92. The van der Waals surface area contributed by atoms with E-state index in [1.807, 2.05) is 0 Å². The molecule has 128 valence electrons. The van der Waals surface area contributed by atoms with Crippen LogP contribution in [0.3, 0.4) is 0 Å². The number of phenolic OH excluding ortho intramolecular Hbond substituents is 1. The summed E-state index contributed by atoms with van der Waals surface area (Å²) in [6, 6.07) is 9.54. The Bertz CT molecular complexity index is 720. The van der Waals surface area contributed by atoms with E-state index in [1.54, 1.807) is 6.07 Å². The zero-order chi connectivity index (χ0) is 18.1. The lowest BCUT2D eigenvalue weighted by Gasteiger charge is -2.24. The van der Waals surface area contributed by atoms with Gasteiger partial charge in [-0.25, -0.2) is 0 Å². The van der Waals surface area contributed by atoms with E-state index in [1.165, 1.54) is 24.3 Å². The molecule has 0 atom stereocenters. The molecule has 0 amide bonds. The molecule has 0 unspecified atom stereocenters. The number of phenols is 1. The SMILES string of the molecule is O=C(c1ccccc1)c1cccc(C(C(F)(F)F)C(F)(F)F)c1O. The predicted octanol–water partition coefficient (Wildman–Crippen LogP) is 4.83. The second-order valence-corrected chi connectivity index (χ2v) is 4.95. The molecule has 2 rings (SSSR count). The average molecular weight is 348 g/mol. The van der Waals surface area contributed by atoms with Gasteiger partial charge in [0.05, 0.1) is 5.56 Å². The van der Waals surface area contributed by atoms with Gasteiger partial charge in [0.2, 0.25) is 0 Å². The fraction of sp³-hybridized carbons (Fsp3) is 0.188. The molecule has 2 nitrogen and oxygen atoms in total. The maximum atomic E-state index is 12.8. The van der Waals surface area contributed by atoms with Crippen LogP contribution in [-0.2, 0) is 0 Å². The molecule has 24 heavy (non-hydrogen) atoms. The molecule has 0 saturated heterocycles. The van der Waals surface area contributed by atoms with Crippen LogP contribution in [0, 0.1) is 0 Å². The maximum absolute atomic E-state index is 12.8. The summed E-state index contributed by atoms with van der Waals surface area (Å²) >= 11 is 0. The first-order valence-corrected chi connectivity index (χ1v) is 6.58. The van der Waals surface area contributed by atoms with E-state index in [0.29, 0.717) is 6.07 Å². The molecular formula is C16H10F6O2. The van der Waals surface area contributed by atoms with Crippen LogP contribution in [0.1, 0.15) is 27.4 Å². The van der Waals surface area contributed by atoms with E-state index in [-0.39, 0.29) is 5.56 Å². The third kappa shape index (κ3) is 3.52. The van der Waals surface area contributed by atoms with E-state index in [0.717, 1.165) is 12.1 Å². The third-order valence-corrected chi connectivity index (χ3v) is 3.31. The molecular weight excluding hydrogens is 338 g/mol. The van der Waals surface area contributed by atoms with E-state index >= 15 is 0 Å². The first-order chi connectivity index (χ1) is 11.0. The minimum Gasteiger partial charge on any atom is -0.507 e. The molecule has 2 aromatic carbocycles. The van der Waals surface area contributed by atoms with Gasteiger partial charge >= 0.3 is 12.4 Å². The van der Waals surface area contributed by atoms with Crippen molar-refractivity contribution < 1.29 is 36.2 Å². The van der Waals surface area contributed by atoms with Crippen molar-refractivity contribution in [3.63, 3.8) is 0 Å². The van der Waals surface area contributed by atoms with Crippen molar-refractivity contribution in [3.05, 3.63) is 65.2 Å². The Kier molecular flexibility index (Phi) is 4.59. The molecule has 0 saturated carbocycles. The quantitative estimate of drug-likeness (QED) is 0.637. The van der Waals surface area contributed by atoms with Crippen molar-refractivity contribution in [1.29, 1.82) is 0 Å². The lowest BCUT2D eigenvalue weighted by molar-refractivity contribution is -0.253. The Labute approximate surface area is 132 Å². The van der Waals surface area contributed by atoms with Crippen LogP contribution in [-0.4, -0.2) is 23.2 Å². The van der Waals surface area contributed by atoms with Crippen molar-refractivity contribution in [2.75, 3.05) is 0 Å². The highest BCUT2D eigenvalue weighted by molar-refractivity contribution is 6.10. The fourth-order valence-electron chi connectivity index (χ4n) is 2.26. The van der Waals surface area contributed by atoms with Gasteiger partial charge in [-0.15, -0.1) is 0 Å². The number of halogens is 6.